The van der Waals surface area contributed by atoms with E-state index in [-0.39, 0.29) is 17.6 Å². The van der Waals surface area contributed by atoms with Gasteiger partial charge in [-0.15, -0.1) is 0 Å². The van der Waals surface area contributed by atoms with Crippen molar-refractivity contribution >= 4 is 45.0 Å². The van der Waals surface area contributed by atoms with E-state index < -0.39 is 16.8 Å². The smallest absolute Gasteiger partial charge is 0.164 e. The van der Waals surface area contributed by atoms with E-state index in [1.807, 2.05) is 31.5 Å². The van der Waals surface area contributed by atoms with Gasteiger partial charge in [0.05, 0.1) is 27.1 Å². The average molecular weight is 673 g/mol. The zero-order valence-corrected chi connectivity index (χ0v) is 29.3. The number of likely N-dealkylation sites (N-methyl/N-ethyl adjacent to an activating group) is 1. The van der Waals surface area contributed by atoms with Crippen LogP contribution in [-0.4, -0.2) is 62.1 Å². The lowest BCUT2D eigenvalue weighted by Crippen LogP contribution is -2.40. The van der Waals surface area contributed by atoms with Gasteiger partial charge in [-0.2, -0.15) is 5.10 Å². The molecule has 2 aliphatic carbocycles. The van der Waals surface area contributed by atoms with Crippen LogP contribution in [0, 0.1) is 0 Å². The molecular formula is C34H50ClFN8OS. The summed E-state index contributed by atoms with van der Waals surface area (Å²) in [6.07, 6.45) is 15.2. The molecule has 2 aromatic rings. The lowest BCUT2D eigenvalue weighted by molar-refractivity contribution is 0.291. The first kappa shape index (κ1) is 37.3. The van der Waals surface area contributed by atoms with Crippen LogP contribution < -0.4 is 15.8 Å². The highest BCUT2D eigenvalue weighted by atomic mass is 35.5. The molecule has 5 rings (SSSR count). The Morgan fingerprint density at radius 3 is 2.46 bits per heavy atom. The molecular weight excluding hydrogens is 623 g/mol. The second-order valence-corrected chi connectivity index (χ2v) is 12.8. The normalized spacial score (nSPS) is 19.4. The number of hydrogen-bond donors (Lipinski definition) is 3. The molecule has 0 bridgehead atoms. The van der Waals surface area contributed by atoms with Crippen LogP contribution in [0.15, 0.2) is 70.8 Å². The van der Waals surface area contributed by atoms with Crippen molar-refractivity contribution in [2.75, 3.05) is 39.0 Å². The van der Waals surface area contributed by atoms with Crippen LogP contribution in [0.5, 0.6) is 0 Å². The van der Waals surface area contributed by atoms with Gasteiger partial charge in [-0.1, -0.05) is 75.6 Å². The number of nitrogen functional groups attached to an aromatic ring is 1. The Hall–Kier alpha value is -3.12. The Balaban J connectivity index is 0.000000558. The van der Waals surface area contributed by atoms with Crippen LogP contribution in [0.25, 0.3) is 16.6 Å². The number of piperazine rings is 1. The van der Waals surface area contributed by atoms with E-state index in [4.69, 9.17) is 22.4 Å². The third-order valence-electron chi connectivity index (χ3n) is 8.09. The molecule has 2 aromatic heterocycles. The average Bonchev–Trinajstić information content (AvgIpc) is 3.38. The molecule has 9 nitrogen and oxygen atoms in total. The van der Waals surface area contributed by atoms with Gasteiger partial charge >= 0.3 is 0 Å². The fraction of sp³-hybridized carbons (Fsp3) is 0.500. The lowest BCUT2D eigenvalue weighted by Gasteiger charge is -2.22. The van der Waals surface area contributed by atoms with Gasteiger partial charge in [0.1, 0.15) is 23.7 Å². The van der Waals surface area contributed by atoms with Crippen molar-refractivity contribution in [1.82, 2.24) is 34.7 Å². The molecule has 252 valence electrons. The Labute approximate surface area is 281 Å². The zero-order valence-electron chi connectivity index (χ0n) is 27.7. The van der Waals surface area contributed by atoms with Crippen molar-refractivity contribution in [3.05, 3.63) is 76.5 Å². The zero-order chi connectivity index (χ0) is 33.6. The topological polar surface area (TPSA) is 114 Å². The number of hydrogen-bond acceptors (Lipinski definition) is 7. The Morgan fingerprint density at radius 2 is 1.85 bits per heavy atom. The van der Waals surface area contributed by atoms with E-state index in [0.717, 1.165) is 63.6 Å². The summed E-state index contributed by atoms with van der Waals surface area (Å²) >= 11 is 6.38. The maximum atomic E-state index is 15.6. The first-order chi connectivity index (χ1) is 22.2. The summed E-state index contributed by atoms with van der Waals surface area (Å²) < 4.78 is 33.3. The minimum atomic E-state index is -1.77. The number of anilines is 1. The van der Waals surface area contributed by atoms with E-state index in [1.165, 1.54) is 44.1 Å². The second kappa shape index (κ2) is 18.9. The summed E-state index contributed by atoms with van der Waals surface area (Å²) in [5.41, 5.74) is 8.57. The molecule has 0 aromatic carbocycles. The molecule has 4 N–H and O–H groups in total. The first-order valence-electron chi connectivity index (χ1n) is 16.2. The maximum Gasteiger partial charge on any atom is 0.164 e. The SMILES string of the molecule is C=C/C(NS(=O)C1=C(C)CCCC=C1Cl)=C(F)\C=C(/C=C)c1nn(C2CCCCC2)c2ncnc(N)c12.CC.CN1CCNCC1. The van der Waals surface area contributed by atoms with Gasteiger partial charge in [-0.3, -0.25) is 4.72 Å². The summed E-state index contributed by atoms with van der Waals surface area (Å²) in [4.78, 5) is 11.4. The van der Waals surface area contributed by atoms with E-state index in [1.54, 1.807) is 0 Å². The number of fused-ring (bicyclic) bond motifs is 1. The minimum Gasteiger partial charge on any atom is -0.383 e. The first-order valence-corrected chi connectivity index (χ1v) is 17.8. The van der Waals surface area contributed by atoms with Gasteiger partial charge < -0.3 is 16.0 Å². The number of nitrogens with one attached hydrogen (secondary N) is 2. The predicted octanol–water partition coefficient (Wildman–Crippen LogP) is 7.23. The molecule has 2 fully saturated rings. The third-order valence-corrected chi connectivity index (χ3v) is 9.89. The van der Waals surface area contributed by atoms with Gasteiger partial charge in [-0.05, 0) is 58.2 Å². The summed E-state index contributed by atoms with van der Waals surface area (Å²) in [5.74, 6) is -0.416. The number of allylic oxidation sites excluding steroid dienone is 8. The number of halogens is 2. The van der Waals surface area contributed by atoms with Crippen LogP contribution in [-0.2, 0) is 11.0 Å². The van der Waals surface area contributed by atoms with Crippen LogP contribution >= 0.6 is 11.6 Å². The van der Waals surface area contributed by atoms with Crippen LogP contribution in [0.1, 0.15) is 83.9 Å². The van der Waals surface area contributed by atoms with Crippen LogP contribution in [0.4, 0.5) is 10.2 Å². The standard InChI is InChI=1S/C27H32ClFN6OS.C5H12N2.C2H6/c1-4-18(15-21(29)22(5-2)34-37(36)25-17(3)11-9-10-14-20(25)28)24-23-26(30)31-16-32-27(23)35(33-24)19-12-7-6-8-13-19;1-7-4-2-6-3-5-7;1-2/h4-5,14-16,19,34H,1-2,6-13H2,3H3,(H2,30,31,32);6H,2-5H2,1H3;1-2H3/b18-15+,22-21-;;. The quantitative estimate of drug-likeness (QED) is 0.254. The van der Waals surface area contributed by atoms with Gasteiger partial charge in [0, 0.05) is 31.8 Å². The monoisotopic (exact) mass is 672 g/mol. The predicted molar refractivity (Wildman–Crippen MR) is 192 cm³/mol. The fourth-order valence-electron chi connectivity index (χ4n) is 5.58. The van der Waals surface area contributed by atoms with Crippen LogP contribution in [0.2, 0.25) is 0 Å². The Morgan fingerprint density at radius 1 is 1.15 bits per heavy atom. The molecule has 1 unspecified atom stereocenters. The molecule has 0 radical (unpaired) electrons. The molecule has 0 amide bonds. The molecule has 12 heteroatoms. The third kappa shape index (κ3) is 9.70. The van der Waals surface area contributed by atoms with Crippen molar-refractivity contribution in [2.24, 2.45) is 0 Å². The fourth-order valence-corrected chi connectivity index (χ4v) is 7.23. The molecule has 1 atom stereocenters. The summed E-state index contributed by atoms with van der Waals surface area (Å²) in [7, 11) is 0.384. The second-order valence-electron chi connectivity index (χ2n) is 11.3. The van der Waals surface area contributed by atoms with Crippen LogP contribution in [0.3, 0.4) is 0 Å². The van der Waals surface area contributed by atoms with Crippen molar-refractivity contribution in [3.63, 3.8) is 0 Å². The van der Waals surface area contributed by atoms with E-state index in [0.29, 0.717) is 32.2 Å². The molecule has 3 aliphatic rings. The number of aromatic nitrogens is 4. The van der Waals surface area contributed by atoms with Gasteiger partial charge in [0.2, 0.25) is 0 Å². The summed E-state index contributed by atoms with van der Waals surface area (Å²) in [6.45, 7) is 18.2. The van der Waals surface area contributed by atoms with Crippen molar-refractivity contribution in [3.8, 4) is 0 Å². The Kier molecular flexibility index (Phi) is 15.3. The summed E-state index contributed by atoms with van der Waals surface area (Å²) in [5, 5.41) is 9.06. The lowest BCUT2D eigenvalue weighted by atomic mass is 9.96. The highest BCUT2D eigenvalue weighted by Crippen LogP contribution is 2.35. The molecule has 0 spiro atoms. The molecule has 1 saturated carbocycles. The van der Waals surface area contributed by atoms with Crippen molar-refractivity contribution in [1.29, 1.82) is 0 Å². The molecule has 1 saturated heterocycles. The largest absolute Gasteiger partial charge is 0.383 e. The number of nitrogens with two attached hydrogens (primary N) is 1. The van der Waals surface area contributed by atoms with Gasteiger partial charge in [0.15, 0.2) is 16.6 Å². The van der Waals surface area contributed by atoms with E-state index in [9.17, 15) is 4.21 Å². The van der Waals surface area contributed by atoms with E-state index >= 15 is 4.39 Å². The Bertz CT molecular complexity index is 1500. The molecule has 46 heavy (non-hydrogen) atoms. The molecule has 3 heterocycles. The van der Waals surface area contributed by atoms with Gasteiger partial charge in [0.25, 0.3) is 0 Å². The molecule has 1 aliphatic heterocycles. The summed E-state index contributed by atoms with van der Waals surface area (Å²) in [6, 6.07) is 0.187. The highest BCUT2D eigenvalue weighted by molar-refractivity contribution is 7.87. The highest BCUT2D eigenvalue weighted by Gasteiger charge is 2.24. The minimum absolute atomic E-state index is 0.0352. The van der Waals surface area contributed by atoms with Crippen molar-refractivity contribution < 1.29 is 8.60 Å². The van der Waals surface area contributed by atoms with Crippen molar-refractivity contribution in [2.45, 2.75) is 78.2 Å². The maximum absolute atomic E-state index is 15.6. The van der Waals surface area contributed by atoms with Gasteiger partial charge in [-0.25, -0.2) is 23.2 Å². The number of rotatable bonds is 8. The van der Waals surface area contributed by atoms with E-state index in [2.05, 4.69) is 45.1 Å². The number of nitrogens with zero attached hydrogens (tertiary/aromatic N) is 5.